The maximum Gasteiger partial charge on any atom is 0.246 e. The number of carbonyl (C=O) groups is 2. The summed E-state index contributed by atoms with van der Waals surface area (Å²) in [4.78, 5) is 25.6. The minimum atomic E-state index is -0.556. The fourth-order valence-corrected chi connectivity index (χ4v) is 3.84. The van der Waals surface area contributed by atoms with Crippen LogP contribution in [0, 0.1) is 6.92 Å². The SMILES string of the molecule is CSCCC(NC(=O)C1Cc2ccccc2CN1)C(=O)Nc1cccc(C)c1.Cl. The van der Waals surface area contributed by atoms with E-state index in [-0.39, 0.29) is 30.3 Å². The van der Waals surface area contributed by atoms with Crippen molar-refractivity contribution in [2.24, 2.45) is 0 Å². The van der Waals surface area contributed by atoms with E-state index in [9.17, 15) is 9.59 Å². The molecule has 0 spiro atoms. The van der Waals surface area contributed by atoms with Gasteiger partial charge in [-0.3, -0.25) is 9.59 Å². The van der Waals surface area contributed by atoms with Crippen molar-refractivity contribution in [2.75, 3.05) is 17.3 Å². The zero-order chi connectivity index (χ0) is 19.9. The molecule has 0 bridgehead atoms. The summed E-state index contributed by atoms with van der Waals surface area (Å²) in [5.41, 5.74) is 4.24. The maximum atomic E-state index is 12.8. The van der Waals surface area contributed by atoms with E-state index in [1.54, 1.807) is 11.8 Å². The molecule has 5 nitrogen and oxygen atoms in total. The van der Waals surface area contributed by atoms with Gasteiger partial charge in [-0.25, -0.2) is 0 Å². The van der Waals surface area contributed by atoms with Gasteiger partial charge in [-0.05, 0) is 60.6 Å². The van der Waals surface area contributed by atoms with Crippen LogP contribution in [0.25, 0.3) is 0 Å². The lowest BCUT2D eigenvalue weighted by Crippen LogP contribution is -2.53. The van der Waals surface area contributed by atoms with Crippen LogP contribution in [0.1, 0.15) is 23.1 Å². The fourth-order valence-electron chi connectivity index (χ4n) is 3.37. The quantitative estimate of drug-likeness (QED) is 0.626. The molecule has 1 aliphatic heterocycles. The molecule has 0 aliphatic carbocycles. The summed E-state index contributed by atoms with van der Waals surface area (Å²) < 4.78 is 0. The molecule has 0 fully saturated rings. The van der Waals surface area contributed by atoms with Crippen LogP contribution < -0.4 is 16.0 Å². The Labute approximate surface area is 182 Å². The molecule has 2 amide bonds. The van der Waals surface area contributed by atoms with Gasteiger partial charge < -0.3 is 16.0 Å². The Hall–Kier alpha value is -2.02. The number of hydrogen-bond donors (Lipinski definition) is 3. The number of halogens is 1. The molecule has 7 heteroatoms. The second-order valence-corrected chi connectivity index (χ2v) is 8.09. The standard InChI is InChI=1S/C22H27N3O2S.ClH/c1-15-6-5-9-18(12-15)24-21(26)19(10-11-28-2)25-22(27)20-13-16-7-3-4-8-17(16)14-23-20;/h3-9,12,19-20,23H,10-11,13-14H2,1-2H3,(H,24,26)(H,25,27);1H. The van der Waals surface area contributed by atoms with E-state index in [1.165, 1.54) is 11.1 Å². The van der Waals surface area contributed by atoms with Gasteiger partial charge in [-0.1, -0.05) is 36.4 Å². The Morgan fingerprint density at radius 1 is 1.17 bits per heavy atom. The van der Waals surface area contributed by atoms with Crippen molar-refractivity contribution in [3.63, 3.8) is 0 Å². The van der Waals surface area contributed by atoms with Gasteiger partial charge in [0.15, 0.2) is 0 Å². The summed E-state index contributed by atoms with van der Waals surface area (Å²) in [6, 6.07) is 14.9. The molecule has 2 aromatic carbocycles. The molecule has 0 saturated carbocycles. The van der Waals surface area contributed by atoms with Crippen molar-refractivity contribution < 1.29 is 9.59 Å². The predicted octanol–water partition coefficient (Wildman–Crippen LogP) is 3.31. The third-order valence-electron chi connectivity index (χ3n) is 4.93. The van der Waals surface area contributed by atoms with Gasteiger partial charge in [0.2, 0.25) is 11.8 Å². The van der Waals surface area contributed by atoms with Gasteiger partial charge in [0.25, 0.3) is 0 Å². The van der Waals surface area contributed by atoms with E-state index in [0.717, 1.165) is 17.0 Å². The molecule has 3 rings (SSSR count). The van der Waals surface area contributed by atoms with Gasteiger partial charge >= 0.3 is 0 Å². The predicted molar refractivity (Wildman–Crippen MR) is 123 cm³/mol. The Balaban J connectivity index is 0.00000300. The molecule has 2 aromatic rings. The summed E-state index contributed by atoms with van der Waals surface area (Å²) in [6.07, 6.45) is 3.22. The molecule has 1 aliphatic rings. The molecule has 0 radical (unpaired) electrons. The monoisotopic (exact) mass is 433 g/mol. The fraction of sp³-hybridized carbons (Fsp3) is 0.364. The topological polar surface area (TPSA) is 70.2 Å². The maximum absolute atomic E-state index is 12.8. The number of amides is 2. The minimum absolute atomic E-state index is 0. The van der Waals surface area contributed by atoms with Gasteiger partial charge in [0.1, 0.15) is 6.04 Å². The number of aryl methyl sites for hydroxylation is 1. The normalized spacial score (nSPS) is 16.1. The summed E-state index contributed by atoms with van der Waals surface area (Å²) >= 11 is 1.66. The van der Waals surface area contributed by atoms with Crippen molar-refractivity contribution >= 4 is 41.7 Å². The third-order valence-corrected chi connectivity index (χ3v) is 5.57. The largest absolute Gasteiger partial charge is 0.343 e. The van der Waals surface area contributed by atoms with Crippen LogP contribution in [0.4, 0.5) is 5.69 Å². The first kappa shape index (κ1) is 23.3. The molecule has 29 heavy (non-hydrogen) atoms. The molecular weight excluding hydrogens is 406 g/mol. The third kappa shape index (κ3) is 6.49. The van der Waals surface area contributed by atoms with Crippen LogP contribution in [0.2, 0.25) is 0 Å². The van der Waals surface area contributed by atoms with Crippen molar-refractivity contribution in [1.29, 1.82) is 0 Å². The lowest BCUT2D eigenvalue weighted by molar-refractivity contribution is -0.128. The highest BCUT2D eigenvalue weighted by molar-refractivity contribution is 7.98. The van der Waals surface area contributed by atoms with Crippen molar-refractivity contribution in [1.82, 2.24) is 10.6 Å². The van der Waals surface area contributed by atoms with Crippen LogP contribution in [0.3, 0.4) is 0 Å². The van der Waals surface area contributed by atoms with Gasteiger partial charge in [0, 0.05) is 12.2 Å². The number of anilines is 1. The second kappa shape index (κ2) is 11.2. The van der Waals surface area contributed by atoms with Crippen LogP contribution in [-0.4, -0.2) is 35.9 Å². The van der Waals surface area contributed by atoms with Gasteiger partial charge in [-0.15, -0.1) is 12.4 Å². The van der Waals surface area contributed by atoms with Gasteiger partial charge in [-0.2, -0.15) is 11.8 Å². The number of carbonyl (C=O) groups excluding carboxylic acids is 2. The highest BCUT2D eigenvalue weighted by atomic mass is 35.5. The van der Waals surface area contributed by atoms with E-state index < -0.39 is 6.04 Å². The summed E-state index contributed by atoms with van der Waals surface area (Å²) in [5, 5.41) is 9.18. The average Bonchev–Trinajstić information content (AvgIpc) is 2.70. The van der Waals surface area contributed by atoms with E-state index in [1.807, 2.05) is 49.6 Å². The van der Waals surface area contributed by atoms with E-state index in [4.69, 9.17) is 0 Å². The Morgan fingerprint density at radius 2 is 1.93 bits per heavy atom. The van der Waals surface area contributed by atoms with Crippen LogP contribution in [0.5, 0.6) is 0 Å². The zero-order valence-corrected chi connectivity index (χ0v) is 18.4. The first-order chi connectivity index (χ1) is 13.6. The number of rotatable bonds is 7. The lowest BCUT2D eigenvalue weighted by Gasteiger charge is -2.27. The van der Waals surface area contributed by atoms with E-state index >= 15 is 0 Å². The minimum Gasteiger partial charge on any atom is -0.343 e. The van der Waals surface area contributed by atoms with Crippen LogP contribution in [0.15, 0.2) is 48.5 Å². The molecule has 2 unspecified atom stereocenters. The summed E-state index contributed by atoms with van der Waals surface area (Å²) in [5.74, 6) is 0.497. The molecule has 0 saturated heterocycles. The summed E-state index contributed by atoms with van der Waals surface area (Å²) in [6.45, 7) is 2.65. The van der Waals surface area contributed by atoms with Crippen molar-refractivity contribution in [3.8, 4) is 0 Å². The Bertz CT molecular complexity index is 846. The highest BCUT2D eigenvalue weighted by Gasteiger charge is 2.28. The number of thioether (sulfide) groups is 1. The number of benzene rings is 2. The molecule has 2 atom stereocenters. The van der Waals surface area contributed by atoms with Crippen molar-refractivity contribution in [2.45, 2.75) is 38.4 Å². The molecular formula is C22H28ClN3O2S. The number of fused-ring (bicyclic) bond motifs is 1. The Morgan fingerprint density at radius 3 is 2.66 bits per heavy atom. The van der Waals surface area contributed by atoms with Crippen LogP contribution in [-0.2, 0) is 22.6 Å². The number of hydrogen-bond acceptors (Lipinski definition) is 4. The molecule has 1 heterocycles. The second-order valence-electron chi connectivity index (χ2n) is 7.11. The molecule has 156 valence electrons. The first-order valence-corrected chi connectivity index (χ1v) is 10.9. The van der Waals surface area contributed by atoms with Crippen molar-refractivity contribution in [3.05, 3.63) is 65.2 Å². The lowest BCUT2D eigenvalue weighted by atomic mass is 9.95. The molecule has 3 N–H and O–H groups in total. The first-order valence-electron chi connectivity index (χ1n) is 9.54. The molecule has 0 aromatic heterocycles. The zero-order valence-electron chi connectivity index (χ0n) is 16.7. The van der Waals surface area contributed by atoms with E-state index in [2.05, 4.69) is 28.1 Å². The highest BCUT2D eigenvalue weighted by Crippen LogP contribution is 2.17. The van der Waals surface area contributed by atoms with E-state index in [0.29, 0.717) is 19.4 Å². The average molecular weight is 434 g/mol. The Kier molecular flexibility index (Phi) is 9.01. The number of nitrogens with one attached hydrogen (secondary N) is 3. The van der Waals surface area contributed by atoms with Crippen LogP contribution >= 0.6 is 24.2 Å². The smallest absolute Gasteiger partial charge is 0.246 e. The van der Waals surface area contributed by atoms with Gasteiger partial charge in [0.05, 0.1) is 6.04 Å². The summed E-state index contributed by atoms with van der Waals surface area (Å²) in [7, 11) is 0.